The maximum atomic E-state index is 12.2. The Morgan fingerprint density at radius 1 is 1.05 bits per heavy atom. The number of hydrazine groups is 1. The Balaban J connectivity index is 1.94. The van der Waals surface area contributed by atoms with Gasteiger partial charge >= 0.3 is 0 Å². The summed E-state index contributed by atoms with van der Waals surface area (Å²) in [4.78, 5) is 24.0. The van der Waals surface area contributed by atoms with Crippen LogP contribution in [-0.2, 0) is 9.59 Å². The normalized spacial score (nSPS) is 17.1. The largest absolute Gasteiger partial charge is 0.465 e. The number of benzene rings is 1. The Bertz CT molecular complexity index is 645. The minimum Gasteiger partial charge on any atom is -0.465 e. The molecule has 1 saturated heterocycles. The van der Waals surface area contributed by atoms with E-state index in [1.807, 2.05) is 6.07 Å². The molecule has 0 radical (unpaired) electrons. The highest BCUT2D eigenvalue weighted by Crippen LogP contribution is 2.20. The van der Waals surface area contributed by atoms with Crippen LogP contribution in [0.25, 0.3) is 6.08 Å². The molecule has 94 valence electrons. The van der Waals surface area contributed by atoms with Gasteiger partial charge in [-0.15, -0.1) is 0 Å². The van der Waals surface area contributed by atoms with E-state index in [9.17, 15) is 9.59 Å². The van der Waals surface area contributed by atoms with Crippen molar-refractivity contribution in [1.82, 2.24) is 5.43 Å². The number of hydrogen-bond acceptors (Lipinski definition) is 3. The molecule has 0 aliphatic carbocycles. The Morgan fingerprint density at radius 3 is 2.53 bits per heavy atom. The molecular formula is C14H10N2O3. The molecule has 0 unspecified atom stereocenters. The van der Waals surface area contributed by atoms with Crippen LogP contribution in [0.15, 0.2) is 58.7 Å². The maximum Gasteiger partial charge on any atom is 0.282 e. The van der Waals surface area contributed by atoms with Crippen molar-refractivity contribution in [2.75, 3.05) is 5.01 Å². The molecule has 2 aromatic rings. The first kappa shape index (κ1) is 11.3. The number of amides is 2. The fourth-order valence-corrected chi connectivity index (χ4v) is 1.83. The molecule has 1 fully saturated rings. The third-order valence-electron chi connectivity index (χ3n) is 2.74. The molecule has 3 rings (SSSR count). The van der Waals surface area contributed by atoms with Gasteiger partial charge in [-0.2, -0.15) is 0 Å². The summed E-state index contributed by atoms with van der Waals surface area (Å²) in [6, 6.07) is 12.3. The van der Waals surface area contributed by atoms with Crippen molar-refractivity contribution in [3.05, 3.63) is 60.1 Å². The molecule has 0 atom stereocenters. The van der Waals surface area contributed by atoms with Crippen molar-refractivity contribution in [3.63, 3.8) is 0 Å². The summed E-state index contributed by atoms with van der Waals surface area (Å²) in [5, 5.41) is 1.22. The third-order valence-corrected chi connectivity index (χ3v) is 2.74. The van der Waals surface area contributed by atoms with Crippen LogP contribution < -0.4 is 10.4 Å². The van der Waals surface area contributed by atoms with E-state index in [1.54, 1.807) is 36.4 Å². The predicted octanol–water partition coefficient (Wildman–Crippen LogP) is 1.74. The van der Waals surface area contributed by atoms with Crippen LogP contribution in [-0.4, -0.2) is 11.8 Å². The molecule has 5 nitrogen and oxygen atoms in total. The minimum atomic E-state index is -0.440. The van der Waals surface area contributed by atoms with Crippen molar-refractivity contribution in [3.8, 4) is 0 Å². The van der Waals surface area contributed by atoms with Gasteiger partial charge in [-0.1, -0.05) is 18.2 Å². The van der Waals surface area contributed by atoms with Crippen LogP contribution in [0.1, 0.15) is 5.76 Å². The Hall–Kier alpha value is -2.82. The topological polar surface area (TPSA) is 62.6 Å². The Morgan fingerprint density at radius 2 is 1.84 bits per heavy atom. The molecule has 0 bridgehead atoms. The second-order valence-electron chi connectivity index (χ2n) is 3.99. The van der Waals surface area contributed by atoms with E-state index in [2.05, 4.69) is 5.43 Å². The van der Waals surface area contributed by atoms with E-state index < -0.39 is 11.8 Å². The molecule has 5 heteroatoms. The second kappa shape index (κ2) is 4.45. The van der Waals surface area contributed by atoms with Gasteiger partial charge in [-0.3, -0.25) is 15.0 Å². The monoisotopic (exact) mass is 254 g/mol. The zero-order chi connectivity index (χ0) is 13.2. The number of hydrogen-bond donors (Lipinski definition) is 1. The second-order valence-corrected chi connectivity index (χ2v) is 3.99. The lowest BCUT2D eigenvalue weighted by atomic mass is 10.2. The fourth-order valence-electron chi connectivity index (χ4n) is 1.83. The molecule has 0 saturated carbocycles. The smallest absolute Gasteiger partial charge is 0.282 e. The lowest BCUT2D eigenvalue weighted by Gasteiger charge is -2.13. The fraction of sp³-hybridized carbons (Fsp3) is 0. The standard InChI is InChI=1S/C14H10N2O3/c17-13-12(9-11-7-4-8-19-11)14(18)16(15-13)10-5-2-1-3-6-10/h1-9H,(H,15,17)/b12-9+. The van der Waals surface area contributed by atoms with Gasteiger partial charge in [0.2, 0.25) is 0 Å². The molecule has 19 heavy (non-hydrogen) atoms. The maximum absolute atomic E-state index is 12.2. The van der Waals surface area contributed by atoms with Crippen LogP contribution in [0.5, 0.6) is 0 Å². The average Bonchev–Trinajstić information content (AvgIpc) is 3.03. The highest BCUT2D eigenvalue weighted by molar-refractivity contribution is 6.31. The van der Waals surface area contributed by atoms with E-state index in [-0.39, 0.29) is 5.57 Å². The number of anilines is 1. The Labute approximate surface area is 109 Å². The number of carbonyl (C=O) groups excluding carboxylic acids is 2. The third kappa shape index (κ3) is 2.01. The average molecular weight is 254 g/mol. The van der Waals surface area contributed by atoms with Crippen molar-refractivity contribution in [2.45, 2.75) is 0 Å². The van der Waals surface area contributed by atoms with Crippen LogP contribution in [0, 0.1) is 0 Å². The van der Waals surface area contributed by atoms with Gasteiger partial charge in [0.15, 0.2) is 0 Å². The summed E-state index contributed by atoms with van der Waals surface area (Å²) in [5.41, 5.74) is 3.19. The summed E-state index contributed by atoms with van der Waals surface area (Å²) in [7, 11) is 0. The highest BCUT2D eigenvalue weighted by atomic mass is 16.3. The number of nitrogens with one attached hydrogen (secondary N) is 1. The van der Waals surface area contributed by atoms with E-state index in [0.29, 0.717) is 11.4 Å². The summed E-state index contributed by atoms with van der Waals surface area (Å²) in [6.45, 7) is 0. The molecule has 1 aliphatic heterocycles. The molecule has 1 aromatic heterocycles. The number of para-hydroxylation sites is 1. The number of carbonyl (C=O) groups is 2. The lowest BCUT2D eigenvalue weighted by molar-refractivity contribution is -0.117. The Kier molecular flexibility index (Phi) is 2.64. The van der Waals surface area contributed by atoms with Gasteiger partial charge in [-0.05, 0) is 30.3 Å². The summed E-state index contributed by atoms with van der Waals surface area (Å²) in [5.74, 6) is -0.369. The molecule has 1 N–H and O–H groups in total. The molecule has 2 heterocycles. The van der Waals surface area contributed by atoms with Crippen LogP contribution in [0.3, 0.4) is 0 Å². The van der Waals surface area contributed by atoms with E-state index in [1.165, 1.54) is 17.3 Å². The van der Waals surface area contributed by atoms with Gasteiger partial charge in [0.05, 0.1) is 12.0 Å². The highest BCUT2D eigenvalue weighted by Gasteiger charge is 2.34. The number of rotatable bonds is 2. The SMILES string of the molecule is O=C1NN(c2ccccc2)C(=O)/C1=C/c1ccco1. The van der Waals surface area contributed by atoms with Crippen molar-refractivity contribution < 1.29 is 14.0 Å². The molecule has 0 spiro atoms. The quantitative estimate of drug-likeness (QED) is 0.656. The van der Waals surface area contributed by atoms with E-state index in [4.69, 9.17) is 4.42 Å². The van der Waals surface area contributed by atoms with Crippen LogP contribution in [0.2, 0.25) is 0 Å². The van der Waals surface area contributed by atoms with Gasteiger partial charge in [-0.25, -0.2) is 5.01 Å². The molecule has 1 aromatic carbocycles. The molecule has 1 aliphatic rings. The molecule has 2 amide bonds. The van der Waals surface area contributed by atoms with Crippen LogP contribution >= 0.6 is 0 Å². The summed E-state index contributed by atoms with van der Waals surface area (Å²) < 4.78 is 5.11. The zero-order valence-electron chi connectivity index (χ0n) is 9.87. The first-order valence-electron chi connectivity index (χ1n) is 5.71. The van der Waals surface area contributed by atoms with Crippen LogP contribution in [0.4, 0.5) is 5.69 Å². The van der Waals surface area contributed by atoms with Crippen molar-refractivity contribution in [1.29, 1.82) is 0 Å². The van der Waals surface area contributed by atoms with Crippen molar-refractivity contribution in [2.24, 2.45) is 0 Å². The summed E-state index contributed by atoms with van der Waals surface area (Å²) in [6.07, 6.45) is 2.92. The predicted molar refractivity (Wildman–Crippen MR) is 68.8 cm³/mol. The van der Waals surface area contributed by atoms with E-state index in [0.717, 1.165) is 0 Å². The zero-order valence-corrected chi connectivity index (χ0v) is 9.87. The number of nitrogens with zero attached hydrogens (tertiary/aromatic N) is 1. The number of furan rings is 1. The lowest BCUT2D eigenvalue weighted by Crippen LogP contribution is -2.35. The molecular weight excluding hydrogens is 244 g/mol. The first-order chi connectivity index (χ1) is 9.25. The minimum absolute atomic E-state index is 0.0544. The van der Waals surface area contributed by atoms with Gasteiger partial charge in [0.25, 0.3) is 11.8 Å². The van der Waals surface area contributed by atoms with Gasteiger partial charge in [0.1, 0.15) is 11.3 Å². The van der Waals surface area contributed by atoms with E-state index >= 15 is 0 Å². The van der Waals surface area contributed by atoms with Gasteiger partial charge in [0, 0.05) is 0 Å². The van der Waals surface area contributed by atoms with Gasteiger partial charge < -0.3 is 4.42 Å². The summed E-state index contributed by atoms with van der Waals surface area (Å²) >= 11 is 0. The van der Waals surface area contributed by atoms with Crippen molar-refractivity contribution >= 4 is 23.6 Å². The first-order valence-corrected chi connectivity index (χ1v) is 5.71.